The van der Waals surface area contributed by atoms with Gasteiger partial charge >= 0.3 is 18.3 Å². The number of hydrogen-bond donors (Lipinski definition) is 3. The van der Waals surface area contributed by atoms with Crippen LogP contribution in [0.15, 0.2) is 42.5 Å². The Kier molecular flexibility index (Phi) is 9.54. The van der Waals surface area contributed by atoms with Crippen molar-refractivity contribution in [2.24, 2.45) is 0 Å². The summed E-state index contributed by atoms with van der Waals surface area (Å²) in [6.07, 6.45) is -5.24. The molecule has 3 rings (SSSR count). The van der Waals surface area contributed by atoms with E-state index in [0.717, 1.165) is 22.1 Å². The smallest absolute Gasteiger partial charge is 0.416 e. The highest BCUT2D eigenvalue weighted by molar-refractivity contribution is 5.81. The lowest BCUT2D eigenvalue weighted by Crippen LogP contribution is -2.49. The number of anilines is 1. The van der Waals surface area contributed by atoms with Crippen molar-refractivity contribution in [1.82, 2.24) is 20.0 Å². The molecule has 0 aromatic heterocycles. The summed E-state index contributed by atoms with van der Waals surface area (Å²) in [7, 11) is 1.33. The number of fused-ring (bicyclic) bond motifs is 1. The number of hydrogen-bond acceptors (Lipinski definition) is 4. The van der Waals surface area contributed by atoms with Crippen LogP contribution in [0.1, 0.15) is 43.0 Å². The molecule has 2 aromatic carbocycles. The first-order valence-corrected chi connectivity index (χ1v) is 12.9. The largest absolute Gasteiger partial charge is 0.465 e. The summed E-state index contributed by atoms with van der Waals surface area (Å²) in [6.45, 7) is 5.95. The van der Waals surface area contributed by atoms with E-state index >= 15 is 0 Å². The van der Waals surface area contributed by atoms with Crippen LogP contribution in [-0.2, 0) is 30.5 Å². The van der Waals surface area contributed by atoms with Crippen molar-refractivity contribution in [3.8, 4) is 0 Å². The topological polar surface area (TPSA) is 105 Å². The molecule has 1 aliphatic rings. The van der Waals surface area contributed by atoms with E-state index in [0.29, 0.717) is 25.2 Å². The maximum absolute atomic E-state index is 13.6. The first kappa shape index (κ1) is 30.6. The number of carbonyl (C=O) groups is 3. The zero-order chi connectivity index (χ0) is 29.7. The molecule has 0 saturated carbocycles. The van der Waals surface area contributed by atoms with Crippen molar-refractivity contribution in [2.45, 2.75) is 52.0 Å². The van der Waals surface area contributed by atoms with Gasteiger partial charge in [0.05, 0.1) is 12.1 Å². The molecule has 1 heterocycles. The summed E-state index contributed by atoms with van der Waals surface area (Å²) in [5, 5.41) is 15.3. The number of benzene rings is 2. The van der Waals surface area contributed by atoms with Gasteiger partial charge in [-0.3, -0.25) is 4.79 Å². The van der Waals surface area contributed by atoms with Gasteiger partial charge < -0.3 is 30.4 Å². The van der Waals surface area contributed by atoms with Crippen LogP contribution in [0.2, 0.25) is 0 Å². The Morgan fingerprint density at radius 1 is 1.02 bits per heavy atom. The van der Waals surface area contributed by atoms with E-state index in [4.69, 9.17) is 0 Å². The average Bonchev–Trinajstić information content (AvgIpc) is 2.87. The Bertz CT molecular complexity index is 1230. The van der Waals surface area contributed by atoms with Crippen LogP contribution < -0.4 is 10.6 Å². The van der Waals surface area contributed by atoms with Crippen LogP contribution in [0.3, 0.4) is 0 Å². The summed E-state index contributed by atoms with van der Waals surface area (Å²) in [5.41, 5.74) is 1.32. The molecular formula is C28H36F3N5O4. The maximum atomic E-state index is 13.6. The van der Waals surface area contributed by atoms with Crippen molar-refractivity contribution in [2.75, 3.05) is 38.5 Å². The number of amides is 4. The van der Waals surface area contributed by atoms with Crippen LogP contribution in [0.25, 0.3) is 0 Å². The van der Waals surface area contributed by atoms with E-state index in [2.05, 4.69) is 10.6 Å². The van der Waals surface area contributed by atoms with Gasteiger partial charge in [-0.1, -0.05) is 30.3 Å². The zero-order valence-corrected chi connectivity index (χ0v) is 23.1. The fourth-order valence-corrected chi connectivity index (χ4v) is 4.43. The van der Waals surface area contributed by atoms with Crippen molar-refractivity contribution >= 4 is 23.7 Å². The van der Waals surface area contributed by atoms with Gasteiger partial charge in [0, 0.05) is 51.0 Å². The molecular weight excluding hydrogens is 527 g/mol. The van der Waals surface area contributed by atoms with Crippen LogP contribution in [0.5, 0.6) is 0 Å². The van der Waals surface area contributed by atoms with E-state index in [1.807, 2.05) is 39.0 Å². The second-order valence-electron chi connectivity index (χ2n) is 10.8. The van der Waals surface area contributed by atoms with Crippen molar-refractivity contribution in [1.29, 1.82) is 0 Å². The summed E-state index contributed by atoms with van der Waals surface area (Å²) in [4.78, 5) is 41.0. The van der Waals surface area contributed by atoms with E-state index in [-0.39, 0.29) is 43.3 Å². The highest BCUT2D eigenvalue weighted by Crippen LogP contribution is 2.32. The molecule has 0 spiro atoms. The maximum Gasteiger partial charge on any atom is 0.416 e. The molecule has 0 fully saturated rings. The first-order valence-electron chi connectivity index (χ1n) is 12.9. The van der Waals surface area contributed by atoms with Crippen molar-refractivity contribution < 1.29 is 32.7 Å². The molecule has 0 atom stereocenters. The van der Waals surface area contributed by atoms with Gasteiger partial charge in [-0.2, -0.15) is 13.2 Å². The normalized spacial score (nSPS) is 13.3. The molecule has 0 radical (unpaired) electrons. The van der Waals surface area contributed by atoms with E-state index in [9.17, 15) is 32.7 Å². The number of halogens is 3. The van der Waals surface area contributed by atoms with Gasteiger partial charge in [0.2, 0.25) is 5.91 Å². The molecule has 0 aliphatic carbocycles. The SMILES string of the molecule is CN(CCN(Cc1ccccc1C(F)(F)F)C(=O)CNc1cccc2c1CCN(C(=O)NC(C)(C)C)C2)C(=O)O. The Hall–Kier alpha value is -3.96. The van der Waals surface area contributed by atoms with Gasteiger partial charge in [-0.15, -0.1) is 0 Å². The van der Waals surface area contributed by atoms with Gasteiger partial charge in [-0.25, -0.2) is 9.59 Å². The number of urea groups is 1. The lowest BCUT2D eigenvalue weighted by Gasteiger charge is -2.33. The Balaban J connectivity index is 1.74. The van der Waals surface area contributed by atoms with Crippen LogP contribution in [-0.4, -0.2) is 76.6 Å². The minimum absolute atomic E-state index is 0.0670. The molecule has 3 N–H and O–H groups in total. The summed E-state index contributed by atoms with van der Waals surface area (Å²) in [6, 6.07) is 10.4. The molecule has 0 unspecified atom stereocenters. The van der Waals surface area contributed by atoms with Crippen molar-refractivity contribution in [3.05, 3.63) is 64.7 Å². The van der Waals surface area contributed by atoms with E-state index < -0.39 is 23.7 Å². The number of nitrogens with zero attached hydrogens (tertiary/aromatic N) is 3. The third-order valence-electron chi connectivity index (χ3n) is 6.53. The Morgan fingerprint density at radius 3 is 2.38 bits per heavy atom. The van der Waals surface area contributed by atoms with Gasteiger partial charge in [0.15, 0.2) is 0 Å². The average molecular weight is 564 g/mol. The molecule has 0 bridgehead atoms. The predicted molar refractivity (Wildman–Crippen MR) is 145 cm³/mol. The first-order chi connectivity index (χ1) is 18.7. The Labute approximate surface area is 231 Å². The van der Waals surface area contributed by atoms with Gasteiger partial charge in [-0.05, 0) is 56.0 Å². The fourth-order valence-electron chi connectivity index (χ4n) is 4.43. The highest BCUT2D eigenvalue weighted by atomic mass is 19.4. The fraction of sp³-hybridized carbons (Fsp3) is 0.464. The van der Waals surface area contributed by atoms with Crippen LogP contribution in [0.4, 0.5) is 28.4 Å². The zero-order valence-electron chi connectivity index (χ0n) is 23.1. The van der Waals surface area contributed by atoms with Crippen molar-refractivity contribution in [3.63, 3.8) is 0 Å². The van der Waals surface area contributed by atoms with Gasteiger partial charge in [0.1, 0.15) is 0 Å². The third-order valence-corrected chi connectivity index (χ3v) is 6.53. The summed E-state index contributed by atoms with van der Waals surface area (Å²) < 4.78 is 40.7. The minimum Gasteiger partial charge on any atom is -0.465 e. The second-order valence-corrected chi connectivity index (χ2v) is 10.8. The lowest BCUT2D eigenvalue weighted by molar-refractivity contribution is -0.139. The standard InChI is InChI=1S/C28H36F3N5O4/c1-27(2,3)33-25(38)36-13-12-21-19(17-36)9-7-11-23(21)32-16-24(37)35(15-14-34(4)26(39)40)18-20-8-5-6-10-22(20)28(29,30)31/h5-11,32H,12-18H2,1-4H3,(H,33,38)(H,39,40). The van der Waals surface area contributed by atoms with E-state index in [1.165, 1.54) is 30.1 Å². The molecule has 2 aromatic rings. The quantitative estimate of drug-likeness (QED) is 0.435. The number of alkyl halides is 3. The number of rotatable bonds is 8. The highest BCUT2D eigenvalue weighted by Gasteiger charge is 2.34. The summed E-state index contributed by atoms with van der Waals surface area (Å²) in [5.74, 6) is -0.477. The molecule has 4 amide bonds. The number of nitrogens with one attached hydrogen (secondary N) is 2. The number of carbonyl (C=O) groups excluding carboxylic acids is 2. The number of likely N-dealkylation sites (N-methyl/N-ethyl adjacent to an activating group) is 1. The third kappa shape index (κ3) is 8.27. The predicted octanol–water partition coefficient (Wildman–Crippen LogP) is 4.62. The molecule has 40 heavy (non-hydrogen) atoms. The number of carboxylic acid groups (broad SMARTS) is 1. The molecule has 1 aliphatic heterocycles. The monoisotopic (exact) mass is 563 g/mol. The van der Waals surface area contributed by atoms with E-state index in [1.54, 1.807) is 4.90 Å². The van der Waals surface area contributed by atoms with Crippen LogP contribution in [0, 0.1) is 0 Å². The minimum atomic E-state index is -4.60. The van der Waals surface area contributed by atoms with Gasteiger partial charge in [0.25, 0.3) is 0 Å². The molecule has 9 nitrogen and oxygen atoms in total. The van der Waals surface area contributed by atoms with Crippen LogP contribution >= 0.6 is 0 Å². The second kappa shape index (κ2) is 12.5. The molecule has 0 saturated heterocycles. The Morgan fingerprint density at radius 2 is 1.73 bits per heavy atom. The molecule has 12 heteroatoms. The summed E-state index contributed by atoms with van der Waals surface area (Å²) >= 11 is 0. The lowest BCUT2D eigenvalue weighted by atomic mass is 9.97. The molecule has 218 valence electrons.